The van der Waals surface area contributed by atoms with Crippen molar-refractivity contribution in [2.24, 2.45) is 0 Å². The third-order valence-corrected chi connectivity index (χ3v) is 8.38. The summed E-state index contributed by atoms with van der Waals surface area (Å²) in [5.41, 5.74) is 2.73. The number of pyridine rings is 2. The van der Waals surface area contributed by atoms with E-state index in [9.17, 15) is 0 Å². The average Bonchev–Trinajstić information content (AvgIpc) is 3.68. The molecule has 0 spiro atoms. The minimum Gasteiger partial charge on any atom is -0.486 e. The number of hydrogen-bond donors (Lipinski definition) is 1. The second-order valence-electron chi connectivity index (χ2n) is 9.99. The van der Waals surface area contributed by atoms with Gasteiger partial charge in [-0.05, 0) is 26.5 Å². The van der Waals surface area contributed by atoms with Gasteiger partial charge in [-0.3, -0.25) is 9.88 Å². The Kier molecular flexibility index (Phi) is 5.63. The van der Waals surface area contributed by atoms with Crippen LogP contribution in [0.1, 0.15) is 18.5 Å². The molecule has 11 heteroatoms. The van der Waals surface area contributed by atoms with Gasteiger partial charge in [0.2, 0.25) is 5.95 Å². The van der Waals surface area contributed by atoms with Crippen molar-refractivity contribution in [2.75, 3.05) is 43.6 Å². The Morgan fingerprint density at radius 1 is 1.11 bits per heavy atom. The lowest BCUT2D eigenvalue weighted by Crippen LogP contribution is -2.45. The largest absolute Gasteiger partial charge is 0.486 e. The topological polar surface area (TPSA) is 101 Å². The molecule has 3 aliphatic heterocycles. The van der Waals surface area contributed by atoms with E-state index in [-0.39, 0.29) is 6.10 Å². The van der Waals surface area contributed by atoms with Crippen LogP contribution in [0.25, 0.3) is 20.8 Å². The van der Waals surface area contributed by atoms with Crippen molar-refractivity contribution in [3.8, 4) is 16.3 Å². The van der Waals surface area contributed by atoms with Gasteiger partial charge in [-0.15, -0.1) is 11.3 Å². The van der Waals surface area contributed by atoms with Crippen LogP contribution in [-0.2, 0) is 4.74 Å². The van der Waals surface area contributed by atoms with Gasteiger partial charge in [0.15, 0.2) is 0 Å². The Morgan fingerprint density at radius 2 is 2.05 bits per heavy atom. The standard InChI is InChI=1S/C26H28N8O2S/c1-15-7-24(32-26(29-15)34-13-16-8-17(34)12-33(16)2)31-23-9-20-22(11-28-23)37-25(30-20)19-3-5-27-10-21(19)36-18-4-6-35-14-18/h3,5,7,9-11,16-18H,4,6,8,12-14H2,1-2H3,(H,28,29,31,32)/t16-,17-,18-/m0/s1. The number of ether oxygens (including phenoxy) is 2. The molecule has 4 aromatic heterocycles. The average molecular weight is 517 g/mol. The van der Waals surface area contributed by atoms with Crippen LogP contribution in [0.5, 0.6) is 5.75 Å². The maximum atomic E-state index is 6.18. The van der Waals surface area contributed by atoms with E-state index in [1.54, 1.807) is 23.7 Å². The number of nitrogens with zero attached hydrogens (tertiary/aromatic N) is 7. The normalized spacial score (nSPS) is 23.3. The number of fused-ring (bicyclic) bond motifs is 3. The number of nitrogens with one attached hydrogen (secondary N) is 1. The zero-order valence-electron chi connectivity index (χ0n) is 20.8. The fourth-order valence-corrected chi connectivity index (χ4v) is 6.39. The fourth-order valence-electron chi connectivity index (χ4n) is 5.44. The molecule has 10 nitrogen and oxygen atoms in total. The number of hydrogen-bond acceptors (Lipinski definition) is 11. The summed E-state index contributed by atoms with van der Waals surface area (Å²) < 4.78 is 12.6. The van der Waals surface area contributed by atoms with Gasteiger partial charge in [0.05, 0.1) is 35.2 Å². The molecule has 190 valence electrons. The number of aryl methyl sites for hydroxylation is 1. The first kappa shape index (κ1) is 22.8. The van der Waals surface area contributed by atoms with Crippen molar-refractivity contribution < 1.29 is 9.47 Å². The van der Waals surface area contributed by atoms with Crippen molar-refractivity contribution >= 4 is 39.1 Å². The van der Waals surface area contributed by atoms with Crippen LogP contribution < -0.4 is 15.0 Å². The first-order valence-corrected chi connectivity index (χ1v) is 13.5. The van der Waals surface area contributed by atoms with Gasteiger partial charge in [-0.2, -0.15) is 4.98 Å². The number of likely N-dealkylation sites (N-methyl/N-ethyl adjacent to an activating group) is 1. The highest BCUT2D eigenvalue weighted by atomic mass is 32.1. The molecule has 7 heterocycles. The molecule has 0 amide bonds. The van der Waals surface area contributed by atoms with E-state index in [2.05, 4.69) is 32.1 Å². The molecule has 0 saturated carbocycles. The lowest BCUT2D eigenvalue weighted by atomic mass is 10.2. The van der Waals surface area contributed by atoms with Gasteiger partial charge in [-0.1, -0.05) is 0 Å². The Hall–Kier alpha value is -3.41. The van der Waals surface area contributed by atoms with Crippen LogP contribution in [-0.4, -0.2) is 81.4 Å². The molecule has 3 fully saturated rings. The number of likely N-dealkylation sites (tertiary alicyclic amines) is 1. The quantitative estimate of drug-likeness (QED) is 0.409. The maximum absolute atomic E-state index is 6.18. The van der Waals surface area contributed by atoms with Gasteiger partial charge in [0.25, 0.3) is 0 Å². The number of anilines is 3. The van der Waals surface area contributed by atoms with E-state index in [4.69, 9.17) is 24.4 Å². The summed E-state index contributed by atoms with van der Waals surface area (Å²) in [5.74, 6) is 2.96. The summed E-state index contributed by atoms with van der Waals surface area (Å²) in [6.45, 7) is 5.38. The summed E-state index contributed by atoms with van der Waals surface area (Å²) in [6.07, 6.45) is 7.49. The molecule has 37 heavy (non-hydrogen) atoms. The molecule has 0 aliphatic carbocycles. The predicted octanol–water partition coefficient (Wildman–Crippen LogP) is 3.66. The van der Waals surface area contributed by atoms with Crippen LogP contribution in [0.4, 0.5) is 17.6 Å². The van der Waals surface area contributed by atoms with E-state index < -0.39 is 0 Å². The summed E-state index contributed by atoms with van der Waals surface area (Å²) in [5, 5.41) is 4.25. The molecule has 0 unspecified atom stereocenters. The molecule has 1 N–H and O–H groups in total. The monoisotopic (exact) mass is 516 g/mol. The lowest BCUT2D eigenvalue weighted by Gasteiger charge is -2.32. The van der Waals surface area contributed by atoms with E-state index in [0.29, 0.717) is 24.5 Å². The van der Waals surface area contributed by atoms with Crippen molar-refractivity contribution in [3.05, 3.63) is 42.5 Å². The Bertz CT molecular complexity index is 1450. The molecular formula is C26H28N8O2S. The van der Waals surface area contributed by atoms with Gasteiger partial charge in [-0.25, -0.2) is 15.0 Å². The second kappa shape index (κ2) is 9.16. The van der Waals surface area contributed by atoms with Crippen LogP contribution in [0.15, 0.2) is 36.8 Å². The minimum atomic E-state index is 0.0488. The molecule has 2 bridgehead atoms. The number of piperazine rings is 1. The molecule has 3 aliphatic rings. The highest BCUT2D eigenvalue weighted by Gasteiger charge is 2.42. The molecule has 3 saturated heterocycles. The number of thiazole rings is 1. The molecule has 0 aromatic carbocycles. The van der Waals surface area contributed by atoms with Crippen molar-refractivity contribution in [1.29, 1.82) is 0 Å². The molecule has 4 aromatic rings. The first-order valence-electron chi connectivity index (χ1n) is 12.6. The molecule has 3 atom stereocenters. The third-order valence-electron chi connectivity index (χ3n) is 7.34. The first-order chi connectivity index (χ1) is 18.1. The van der Waals surface area contributed by atoms with E-state index >= 15 is 0 Å². The maximum Gasteiger partial charge on any atom is 0.227 e. The second-order valence-corrected chi connectivity index (χ2v) is 11.0. The van der Waals surface area contributed by atoms with Gasteiger partial charge >= 0.3 is 0 Å². The molecular weight excluding hydrogens is 488 g/mol. The van der Waals surface area contributed by atoms with Crippen molar-refractivity contribution in [1.82, 2.24) is 29.8 Å². The third kappa shape index (κ3) is 4.36. The highest BCUT2D eigenvalue weighted by molar-refractivity contribution is 7.21. The Labute approximate surface area is 218 Å². The summed E-state index contributed by atoms with van der Waals surface area (Å²) in [6, 6.07) is 6.94. The van der Waals surface area contributed by atoms with E-state index in [0.717, 1.165) is 70.1 Å². The van der Waals surface area contributed by atoms with Crippen molar-refractivity contribution in [3.63, 3.8) is 0 Å². The van der Waals surface area contributed by atoms with Crippen LogP contribution in [0, 0.1) is 6.92 Å². The number of rotatable bonds is 6. The van der Waals surface area contributed by atoms with E-state index in [1.165, 1.54) is 6.42 Å². The predicted molar refractivity (Wildman–Crippen MR) is 143 cm³/mol. The molecule has 0 radical (unpaired) electrons. The fraction of sp³-hybridized carbons (Fsp3) is 0.423. The Morgan fingerprint density at radius 3 is 2.86 bits per heavy atom. The number of aromatic nitrogens is 5. The Balaban J connectivity index is 1.14. The van der Waals surface area contributed by atoms with Crippen molar-refractivity contribution in [2.45, 2.75) is 38.0 Å². The SMILES string of the molecule is Cc1cc(Nc2cc3nc(-c4ccncc4O[C@H]4CCOC4)sc3cn2)nc(N2C[C@@H]3C[C@H]2CN3C)n1. The smallest absolute Gasteiger partial charge is 0.227 e. The summed E-state index contributed by atoms with van der Waals surface area (Å²) >= 11 is 1.59. The van der Waals surface area contributed by atoms with Gasteiger partial charge < -0.3 is 19.7 Å². The molecule has 7 rings (SSSR count). The minimum absolute atomic E-state index is 0.0488. The summed E-state index contributed by atoms with van der Waals surface area (Å²) in [7, 11) is 2.20. The summed E-state index contributed by atoms with van der Waals surface area (Å²) in [4.78, 5) is 28.2. The van der Waals surface area contributed by atoms with Gasteiger partial charge in [0.1, 0.15) is 28.5 Å². The van der Waals surface area contributed by atoms with Crippen LogP contribution >= 0.6 is 11.3 Å². The lowest BCUT2D eigenvalue weighted by molar-refractivity contribution is 0.141. The van der Waals surface area contributed by atoms with Crippen LogP contribution in [0.2, 0.25) is 0 Å². The zero-order chi connectivity index (χ0) is 24.9. The van der Waals surface area contributed by atoms with E-state index in [1.807, 2.05) is 31.3 Å². The zero-order valence-corrected chi connectivity index (χ0v) is 21.6. The van der Waals surface area contributed by atoms with Gasteiger partial charge in [0, 0.05) is 61.8 Å². The highest BCUT2D eigenvalue weighted by Crippen LogP contribution is 2.37. The van der Waals surface area contributed by atoms with Crippen LogP contribution in [0.3, 0.4) is 0 Å².